The topological polar surface area (TPSA) is 82.4 Å². The molecule has 0 spiro atoms. The van der Waals surface area contributed by atoms with Gasteiger partial charge in [-0.1, -0.05) is 27.2 Å². The normalized spacial score (nSPS) is 19.0. The number of amides is 2. The zero-order valence-electron chi connectivity index (χ0n) is 16.1. The summed E-state index contributed by atoms with van der Waals surface area (Å²) >= 11 is 1.62. The lowest BCUT2D eigenvalue weighted by Gasteiger charge is -2.29. The SMILES string of the molecule is CCCCOC(=O)C1CSC(CC(C)C)N1C(=O)Nc1ccc(C#N)cc1. The van der Waals surface area contributed by atoms with Crippen LogP contribution < -0.4 is 5.32 Å². The highest BCUT2D eigenvalue weighted by Gasteiger charge is 2.42. The van der Waals surface area contributed by atoms with E-state index in [1.54, 1.807) is 40.9 Å². The Morgan fingerprint density at radius 2 is 2.07 bits per heavy atom. The minimum atomic E-state index is -0.575. The number of nitriles is 1. The summed E-state index contributed by atoms with van der Waals surface area (Å²) in [6.07, 6.45) is 2.58. The van der Waals surface area contributed by atoms with Crippen LogP contribution in [0.25, 0.3) is 0 Å². The molecule has 2 unspecified atom stereocenters. The molecule has 0 bridgehead atoms. The standard InChI is InChI=1S/C20H27N3O3S/c1-4-5-10-26-19(24)17-13-27-18(11-14(2)3)23(17)20(25)22-16-8-6-15(12-21)7-9-16/h6-9,14,17-18H,4-5,10-11,13H2,1-3H3,(H,22,25). The number of esters is 1. The maximum absolute atomic E-state index is 12.9. The number of carbonyl (C=O) groups is 2. The largest absolute Gasteiger partial charge is 0.464 e. The van der Waals surface area contributed by atoms with Gasteiger partial charge >= 0.3 is 12.0 Å². The van der Waals surface area contributed by atoms with Crippen LogP contribution in [0.3, 0.4) is 0 Å². The number of unbranched alkanes of at least 4 members (excludes halogenated alkanes) is 1. The number of nitrogens with zero attached hydrogens (tertiary/aromatic N) is 2. The quantitative estimate of drug-likeness (QED) is 0.557. The minimum Gasteiger partial charge on any atom is -0.464 e. The van der Waals surface area contributed by atoms with Crippen molar-refractivity contribution < 1.29 is 14.3 Å². The molecule has 1 N–H and O–H groups in total. The van der Waals surface area contributed by atoms with E-state index < -0.39 is 6.04 Å². The lowest BCUT2D eigenvalue weighted by molar-refractivity contribution is -0.148. The smallest absolute Gasteiger partial charge is 0.329 e. The Balaban J connectivity index is 2.11. The van der Waals surface area contributed by atoms with E-state index in [0.29, 0.717) is 29.5 Å². The van der Waals surface area contributed by atoms with Crippen molar-refractivity contribution in [3.8, 4) is 6.07 Å². The molecule has 7 heteroatoms. The Kier molecular flexibility index (Phi) is 7.99. The molecule has 6 nitrogen and oxygen atoms in total. The molecule has 0 saturated carbocycles. The fourth-order valence-corrected chi connectivity index (χ4v) is 4.46. The van der Waals surface area contributed by atoms with Crippen LogP contribution in [0.15, 0.2) is 24.3 Å². The van der Waals surface area contributed by atoms with Crippen LogP contribution in [0.2, 0.25) is 0 Å². The van der Waals surface area contributed by atoms with Gasteiger partial charge in [0.2, 0.25) is 0 Å². The molecule has 1 aliphatic heterocycles. The van der Waals surface area contributed by atoms with Gasteiger partial charge in [0.05, 0.1) is 23.6 Å². The van der Waals surface area contributed by atoms with Crippen LogP contribution in [-0.2, 0) is 9.53 Å². The molecule has 27 heavy (non-hydrogen) atoms. The van der Waals surface area contributed by atoms with Gasteiger partial charge in [-0.3, -0.25) is 4.90 Å². The summed E-state index contributed by atoms with van der Waals surface area (Å²) in [5, 5.41) is 11.7. The van der Waals surface area contributed by atoms with Crippen molar-refractivity contribution in [2.45, 2.75) is 51.4 Å². The van der Waals surface area contributed by atoms with E-state index in [1.807, 2.05) is 13.0 Å². The number of thioether (sulfide) groups is 1. The lowest BCUT2D eigenvalue weighted by Crippen LogP contribution is -2.48. The Morgan fingerprint density at radius 1 is 1.37 bits per heavy atom. The number of urea groups is 1. The van der Waals surface area contributed by atoms with Crippen LogP contribution in [-0.4, -0.2) is 40.7 Å². The summed E-state index contributed by atoms with van der Waals surface area (Å²) in [5.74, 6) is 0.614. The van der Waals surface area contributed by atoms with Gasteiger partial charge in [-0.05, 0) is 43.0 Å². The van der Waals surface area contributed by atoms with Gasteiger partial charge in [-0.15, -0.1) is 11.8 Å². The minimum absolute atomic E-state index is 0.0629. The Hall–Kier alpha value is -2.20. The third-order valence-corrected chi connectivity index (χ3v) is 5.59. The van der Waals surface area contributed by atoms with Gasteiger partial charge in [0.1, 0.15) is 6.04 Å². The maximum Gasteiger partial charge on any atom is 0.329 e. The molecule has 1 aromatic rings. The third-order valence-electron chi connectivity index (χ3n) is 4.28. The first-order valence-corrected chi connectivity index (χ1v) is 10.4. The van der Waals surface area contributed by atoms with Crippen LogP contribution in [0.4, 0.5) is 10.5 Å². The number of ether oxygens (including phenoxy) is 1. The number of hydrogen-bond donors (Lipinski definition) is 1. The highest BCUT2D eigenvalue weighted by molar-refractivity contribution is 8.00. The molecule has 1 aliphatic rings. The van der Waals surface area contributed by atoms with Crippen molar-refractivity contribution in [3.05, 3.63) is 29.8 Å². The molecule has 146 valence electrons. The number of benzene rings is 1. The zero-order valence-corrected chi connectivity index (χ0v) is 16.9. The average Bonchev–Trinajstić information content (AvgIpc) is 3.05. The second-order valence-electron chi connectivity index (χ2n) is 6.98. The van der Waals surface area contributed by atoms with Crippen LogP contribution in [0.5, 0.6) is 0 Å². The first-order valence-electron chi connectivity index (χ1n) is 9.34. The molecule has 0 aliphatic carbocycles. The molecule has 2 atom stereocenters. The molecule has 1 fully saturated rings. The van der Waals surface area contributed by atoms with E-state index in [-0.39, 0.29) is 17.4 Å². The summed E-state index contributed by atoms with van der Waals surface area (Å²) in [4.78, 5) is 27.1. The number of nitrogens with one attached hydrogen (secondary N) is 1. The van der Waals surface area contributed by atoms with Gasteiger partial charge in [0, 0.05) is 11.4 Å². The molecular weight excluding hydrogens is 362 g/mol. The number of anilines is 1. The van der Waals surface area contributed by atoms with E-state index >= 15 is 0 Å². The predicted octanol–water partition coefficient (Wildman–Crippen LogP) is 4.22. The summed E-state index contributed by atoms with van der Waals surface area (Å²) in [6.45, 7) is 6.62. The van der Waals surface area contributed by atoms with Gasteiger partial charge in [0.15, 0.2) is 0 Å². The maximum atomic E-state index is 12.9. The van der Waals surface area contributed by atoms with Gasteiger partial charge in [0.25, 0.3) is 0 Å². The van der Waals surface area contributed by atoms with E-state index in [1.165, 1.54) is 0 Å². The fourth-order valence-electron chi connectivity index (χ4n) is 2.83. The molecular formula is C20H27N3O3S. The van der Waals surface area contributed by atoms with Gasteiger partial charge in [-0.2, -0.15) is 5.26 Å². The van der Waals surface area contributed by atoms with E-state index in [0.717, 1.165) is 19.3 Å². The summed E-state index contributed by atoms with van der Waals surface area (Å²) in [5.41, 5.74) is 1.12. The zero-order chi connectivity index (χ0) is 19.8. The summed E-state index contributed by atoms with van der Waals surface area (Å²) in [6, 6.07) is 7.83. The Labute approximate surface area is 165 Å². The summed E-state index contributed by atoms with van der Waals surface area (Å²) in [7, 11) is 0. The Morgan fingerprint density at radius 3 is 2.67 bits per heavy atom. The molecule has 0 aromatic heterocycles. The predicted molar refractivity (Wildman–Crippen MR) is 107 cm³/mol. The van der Waals surface area contributed by atoms with E-state index in [9.17, 15) is 9.59 Å². The van der Waals surface area contributed by atoms with E-state index in [2.05, 4.69) is 19.2 Å². The molecule has 1 aromatic carbocycles. The fraction of sp³-hybridized carbons (Fsp3) is 0.550. The third kappa shape index (κ3) is 5.90. The van der Waals surface area contributed by atoms with Crippen LogP contribution in [0.1, 0.15) is 45.6 Å². The van der Waals surface area contributed by atoms with Crippen molar-refractivity contribution in [1.29, 1.82) is 5.26 Å². The molecule has 0 radical (unpaired) electrons. The molecule has 2 amide bonds. The summed E-state index contributed by atoms with van der Waals surface area (Å²) < 4.78 is 5.37. The Bertz CT molecular complexity index is 685. The monoisotopic (exact) mass is 389 g/mol. The second kappa shape index (κ2) is 10.2. The van der Waals surface area contributed by atoms with Crippen molar-refractivity contribution >= 4 is 29.4 Å². The van der Waals surface area contributed by atoms with Crippen LogP contribution in [0, 0.1) is 17.2 Å². The molecule has 1 saturated heterocycles. The highest BCUT2D eigenvalue weighted by Crippen LogP contribution is 2.34. The first kappa shape index (κ1) is 21.1. The van der Waals surface area contributed by atoms with Gasteiger partial charge in [-0.25, -0.2) is 9.59 Å². The molecule has 1 heterocycles. The average molecular weight is 390 g/mol. The number of rotatable bonds is 7. The van der Waals surface area contributed by atoms with Crippen molar-refractivity contribution in [2.75, 3.05) is 17.7 Å². The van der Waals surface area contributed by atoms with Crippen molar-refractivity contribution in [2.24, 2.45) is 5.92 Å². The lowest BCUT2D eigenvalue weighted by atomic mass is 10.1. The van der Waals surface area contributed by atoms with Crippen LogP contribution >= 0.6 is 11.8 Å². The van der Waals surface area contributed by atoms with E-state index in [4.69, 9.17) is 10.00 Å². The first-order chi connectivity index (χ1) is 13.0. The van der Waals surface area contributed by atoms with Gasteiger partial charge < -0.3 is 10.1 Å². The van der Waals surface area contributed by atoms with Crippen molar-refractivity contribution in [1.82, 2.24) is 4.90 Å². The van der Waals surface area contributed by atoms with Crippen molar-refractivity contribution in [3.63, 3.8) is 0 Å². The molecule has 2 rings (SSSR count). The second-order valence-corrected chi connectivity index (χ2v) is 8.19. The number of carbonyl (C=O) groups excluding carboxylic acids is 2. The highest BCUT2D eigenvalue weighted by atomic mass is 32.2. The number of hydrogen-bond acceptors (Lipinski definition) is 5.